The van der Waals surface area contributed by atoms with Crippen molar-refractivity contribution >= 4 is 11.6 Å². The summed E-state index contributed by atoms with van der Waals surface area (Å²) in [5.41, 5.74) is 1.61. The Morgan fingerprint density at radius 1 is 0.941 bits per heavy atom. The molecule has 0 amide bonds. The summed E-state index contributed by atoms with van der Waals surface area (Å²) in [7, 11) is 2.93. The lowest BCUT2D eigenvalue weighted by Gasteiger charge is -2.22. The zero-order valence-corrected chi connectivity index (χ0v) is 18.8. The third-order valence-electron chi connectivity index (χ3n) is 5.84. The summed E-state index contributed by atoms with van der Waals surface area (Å²) in [6.45, 7) is 0.110. The van der Waals surface area contributed by atoms with E-state index in [-0.39, 0.29) is 24.5 Å². The molecule has 0 spiro atoms. The van der Waals surface area contributed by atoms with Crippen molar-refractivity contribution in [2.45, 2.75) is 18.3 Å². The Balaban J connectivity index is 1.69. The van der Waals surface area contributed by atoms with Gasteiger partial charge in [0.05, 0.1) is 31.8 Å². The van der Waals surface area contributed by atoms with Crippen LogP contribution >= 0.6 is 0 Å². The Kier molecular flexibility index (Phi) is 6.79. The van der Waals surface area contributed by atoms with Crippen molar-refractivity contribution in [2.24, 2.45) is 0 Å². The molecule has 1 heterocycles. The maximum atomic E-state index is 13.2. The first kappa shape index (κ1) is 22.9. The van der Waals surface area contributed by atoms with Crippen molar-refractivity contribution < 1.29 is 28.5 Å². The molecule has 0 N–H and O–H groups in total. The Bertz CT molecular complexity index is 1250. The minimum atomic E-state index is -0.685. The van der Waals surface area contributed by atoms with E-state index in [1.54, 1.807) is 30.3 Å². The van der Waals surface area contributed by atoms with Crippen LogP contribution in [0.4, 0.5) is 0 Å². The number of methoxy groups -OCH3 is 2. The van der Waals surface area contributed by atoms with Gasteiger partial charge in [0, 0.05) is 18.4 Å². The minimum Gasteiger partial charge on any atom is -0.497 e. The van der Waals surface area contributed by atoms with Gasteiger partial charge < -0.3 is 18.9 Å². The number of rotatable bonds is 9. The maximum absolute atomic E-state index is 13.2. The van der Waals surface area contributed by atoms with Crippen LogP contribution in [0.25, 0.3) is 0 Å². The van der Waals surface area contributed by atoms with E-state index in [2.05, 4.69) is 6.07 Å². The van der Waals surface area contributed by atoms with Gasteiger partial charge in [-0.1, -0.05) is 36.4 Å². The fourth-order valence-electron chi connectivity index (χ4n) is 4.06. The van der Waals surface area contributed by atoms with Gasteiger partial charge in [0.2, 0.25) is 18.4 Å². The number of carbonyl (C=O) groups excluding carboxylic acids is 2. The zero-order valence-electron chi connectivity index (χ0n) is 18.8. The molecule has 34 heavy (non-hydrogen) atoms. The van der Waals surface area contributed by atoms with Gasteiger partial charge in [-0.2, -0.15) is 5.26 Å². The van der Waals surface area contributed by atoms with Gasteiger partial charge in [-0.05, 0) is 35.4 Å². The second kappa shape index (κ2) is 10.1. The van der Waals surface area contributed by atoms with Crippen molar-refractivity contribution in [3.8, 4) is 29.1 Å². The molecule has 2 atom stereocenters. The minimum absolute atomic E-state index is 0.110. The molecule has 2 unspecified atom stereocenters. The number of nitrogens with zero attached hydrogens (tertiary/aromatic N) is 1. The van der Waals surface area contributed by atoms with Crippen LogP contribution in [0.15, 0.2) is 66.7 Å². The van der Waals surface area contributed by atoms with E-state index in [0.717, 1.165) is 5.56 Å². The fraction of sp³-hybridized carbons (Fsp3) is 0.222. The summed E-state index contributed by atoms with van der Waals surface area (Å²) in [5, 5.41) is 10.1. The maximum Gasteiger partial charge on any atom is 0.232 e. The molecule has 0 radical (unpaired) electrons. The molecule has 0 aliphatic carbocycles. The van der Waals surface area contributed by atoms with Crippen LogP contribution in [0.5, 0.6) is 23.0 Å². The number of ketones is 2. The molecule has 0 saturated heterocycles. The van der Waals surface area contributed by atoms with E-state index in [1.807, 2.05) is 30.3 Å². The van der Waals surface area contributed by atoms with Crippen LogP contribution < -0.4 is 18.9 Å². The van der Waals surface area contributed by atoms with E-state index < -0.39 is 23.4 Å². The standard InChI is InChI=1S/C27H23NO6/c1-31-19-9-10-20(25(13-19)32-2)27(30)23(29)14-21(22(15-28)17-6-4-3-5-7-17)18-8-11-24-26(12-18)34-16-33-24/h3-13,21-22H,14,16H2,1-2H3. The predicted molar refractivity (Wildman–Crippen MR) is 124 cm³/mol. The second-order valence-electron chi connectivity index (χ2n) is 7.76. The summed E-state index contributed by atoms with van der Waals surface area (Å²) < 4.78 is 21.4. The summed E-state index contributed by atoms with van der Waals surface area (Å²) >= 11 is 0. The highest BCUT2D eigenvalue weighted by atomic mass is 16.7. The average molecular weight is 457 g/mol. The summed E-state index contributed by atoms with van der Waals surface area (Å²) in [6, 6.07) is 21.5. The third-order valence-corrected chi connectivity index (χ3v) is 5.84. The van der Waals surface area contributed by atoms with E-state index >= 15 is 0 Å². The number of ether oxygens (including phenoxy) is 4. The molecule has 3 aromatic carbocycles. The largest absolute Gasteiger partial charge is 0.497 e. The molecule has 7 heteroatoms. The number of hydrogen-bond acceptors (Lipinski definition) is 7. The summed E-state index contributed by atoms with van der Waals surface area (Å²) in [6.07, 6.45) is -0.166. The first-order valence-corrected chi connectivity index (χ1v) is 10.7. The van der Waals surface area contributed by atoms with Crippen LogP contribution in [0.1, 0.15) is 39.7 Å². The molecule has 0 fully saturated rings. The summed E-state index contributed by atoms with van der Waals surface area (Å²) in [4.78, 5) is 26.4. The van der Waals surface area contributed by atoms with Gasteiger partial charge in [-0.25, -0.2) is 0 Å². The molecule has 3 aromatic rings. The van der Waals surface area contributed by atoms with Gasteiger partial charge in [-0.3, -0.25) is 9.59 Å². The molecular formula is C27H23NO6. The quantitative estimate of drug-likeness (QED) is 0.340. The predicted octanol–water partition coefficient (Wildman–Crippen LogP) is 4.67. The van der Waals surface area contributed by atoms with Gasteiger partial charge in [0.15, 0.2) is 11.5 Å². The SMILES string of the molecule is COc1ccc(C(=O)C(=O)CC(c2ccc3c(c2)OCO3)C(C#N)c2ccccc2)c(OC)c1. The highest BCUT2D eigenvalue weighted by Gasteiger charge is 2.32. The van der Waals surface area contributed by atoms with Crippen LogP contribution in [-0.4, -0.2) is 32.6 Å². The van der Waals surface area contributed by atoms with Crippen LogP contribution in [0.2, 0.25) is 0 Å². The smallest absolute Gasteiger partial charge is 0.232 e. The molecule has 4 rings (SSSR count). The van der Waals surface area contributed by atoms with Crippen LogP contribution in [0.3, 0.4) is 0 Å². The molecule has 0 saturated carbocycles. The number of carbonyl (C=O) groups is 2. The zero-order chi connectivity index (χ0) is 24.1. The molecule has 1 aliphatic rings. The first-order valence-electron chi connectivity index (χ1n) is 10.7. The summed E-state index contributed by atoms with van der Waals surface area (Å²) in [5.74, 6) is -0.648. The lowest BCUT2D eigenvalue weighted by atomic mass is 9.78. The van der Waals surface area contributed by atoms with Gasteiger partial charge in [-0.15, -0.1) is 0 Å². The second-order valence-corrected chi connectivity index (χ2v) is 7.76. The van der Waals surface area contributed by atoms with E-state index in [9.17, 15) is 14.9 Å². The number of fused-ring (bicyclic) bond motifs is 1. The topological polar surface area (TPSA) is 94.9 Å². The van der Waals surface area contributed by atoms with Crippen LogP contribution in [-0.2, 0) is 4.79 Å². The highest BCUT2D eigenvalue weighted by Crippen LogP contribution is 2.41. The van der Waals surface area contributed by atoms with Gasteiger partial charge in [0.25, 0.3) is 0 Å². The van der Waals surface area contributed by atoms with Crippen molar-refractivity contribution in [2.75, 3.05) is 21.0 Å². The average Bonchev–Trinajstić information content (AvgIpc) is 3.36. The lowest BCUT2D eigenvalue weighted by Crippen LogP contribution is -2.21. The number of Topliss-reactive ketones (excluding diaryl/α,β-unsaturated/α-hetero) is 2. The van der Waals surface area contributed by atoms with Gasteiger partial charge in [0.1, 0.15) is 11.5 Å². The number of nitriles is 1. The lowest BCUT2D eigenvalue weighted by molar-refractivity contribution is -0.115. The Morgan fingerprint density at radius 3 is 2.41 bits per heavy atom. The molecule has 7 nitrogen and oxygen atoms in total. The molecule has 0 bridgehead atoms. The van der Waals surface area contributed by atoms with Crippen molar-refractivity contribution in [1.82, 2.24) is 0 Å². The van der Waals surface area contributed by atoms with Crippen LogP contribution in [0, 0.1) is 11.3 Å². The third kappa shape index (κ3) is 4.57. The van der Waals surface area contributed by atoms with Crippen molar-refractivity contribution in [1.29, 1.82) is 5.26 Å². The number of hydrogen-bond donors (Lipinski definition) is 0. The monoisotopic (exact) mass is 457 g/mol. The Morgan fingerprint density at radius 2 is 1.71 bits per heavy atom. The van der Waals surface area contributed by atoms with E-state index in [0.29, 0.717) is 22.8 Å². The Hall–Kier alpha value is -4.31. The number of benzene rings is 3. The first-order chi connectivity index (χ1) is 16.5. The van der Waals surface area contributed by atoms with E-state index in [4.69, 9.17) is 18.9 Å². The van der Waals surface area contributed by atoms with E-state index in [1.165, 1.54) is 20.3 Å². The Labute approximate surface area is 197 Å². The molecule has 1 aliphatic heterocycles. The fourth-order valence-corrected chi connectivity index (χ4v) is 4.06. The highest BCUT2D eigenvalue weighted by molar-refractivity contribution is 6.44. The normalized spacial score (nSPS) is 13.4. The van der Waals surface area contributed by atoms with Crippen molar-refractivity contribution in [3.63, 3.8) is 0 Å². The molecular weight excluding hydrogens is 434 g/mol. The molecule has 0 aromatic heterocycles. The van der Waals surface area contributed by atoms with Gasteiger partial charge >= 0.3 is 0 Å². The molecule has 172 valence electrons. The van der Waals surface area contributed by atoms with Crippen molar-refractivity contribution in [3.05, 3.63) is 83.4 Å².